The van der Waals surface area contributed by atoms with Crippen LogP contribution in [0.25, 0.3) is 0 Å². The van der Waals surface area contributed by atoms with Gasteiger partial charge in [-0.15, -0.1) is 0 Å². The summed E-state index contributed by atoms with van der Waals surface area (Å²) in [6.45, 7) is 7.76. The summed E-state index contributed by atoms with van der Waals surface area (Å²) in [6, 6.07) is 0. The Bertz CT molecular complexity index is 278. The van der Waals surface area contributed by atoms with Gasteiger partial charge in [0.2, 0.25) is 0 Å². The minimum absolute atomic E-state index is 0.418. The number of nitrogens with one attached hydrogen (secondary N) is 1. The molecule has 1 saturated heterocycles. The number of likely N-dealkylation sites (tertiary alicyclic amines) is 1. The summed E-state index contributed by atoms with van der Waals surface area (Å²) in [5.74, 6) is 0. The van der Waals surface area contributed by atoms with Gasteiger partial charge >= 0.3 is 6.09 Å². The van der Waals surface area contributed by atoms with Gasteiger partial charge in [0.1, 0.15) is 5.60 Å². The first-order valence-electron chi connectivity index (χ1n) is 6.58. The van der Waals surface area contributed by atoms with Crippen molar-refractivity contribution in [2.24, 2.45) is 0 Å². The smallest absolute Gasteiger partial charge is 0.407 e. The Morgan fingerprint density at radius 1 is 1.39 bits per heavy atom. The van der Waals surface area contributed by atoms with Gasteiger partial charge in [0.15, 0.2) is 0 Å². The fourth-order valence-electron chi connectivity index (χ4n) is 2.00. The van der Waals surface area contributed by atoms with Crippen molar-refractivity contribution in [1.82, 2.24) is 10.2 Å². The van der Waals surface area contributed by atoms with Crippen molar-refractivity contribution in [2.45, 2.75) is 51.2 Å². The van der Waals surface area contributed by atoms with Crippen molar-refractivity contribution in [3.63, 3.8) is 0 Å². The highest BCUT2D eigenvalue weighted by molar-refractivity contribution is 5.67. The molecule has 0 radical (unpaired) electrons. The van der Waals surface area contributed by atoms with Crippen LogP contribution in [-0.2, 0) is 4.74 Å². The number of alkyl carbamates (subject to hydrolysis) is 1. The number of hydrogen-bond donors (Lipinski definition) is 2. The largest absolute Gasteiger partial charge is 0.444 e. The van der Waals surface area contributed by atoms with Gasteiger partial charge in [-0.3, -0.25) is 0 Å². The standard InChI is InChI=1S/C13H26N2O3/c1-12(2,3)18-11(16)14-8-5-13(17)6-9-15(4)10-7-13/h17H,5-10H2,1-4H3,(H,14,16). The molecule has 1 aliphatic heterocycles. The maximum atomic E-state index is 11.4. The number of carbonyl (C=O) groups is 1. The predicted octanol–water partition coefficient (Wildman–Crippen LogP) is 1.36. The Morgan fingerprint density at radius 3 is 2.44 bits per heavy atom. The maximum Gasteiger partial charge on any atom is 0.407 e. The Labute approximate surface area is 109 Å². The molecule has 5 heteroatoms. The van der Waals surface area contributed by atoms with E-state index < -0.39 is 17.3 Å². The number of aliphatic hydroxyl groups is 1. The number of nitrogens with zero attached hydrogens (tertiary/aromatic N) is 1. The van der Waals surface area contributed by atoms with Gasteiger partial charge in [-0.05, 0) is 47.1 Å². The van der Waals surface area contributed by atoms with E-state index in [0.29, 0.717) is 13.0 Å². The van der Waals surface area contributed by atoms with Crippen molar-refractivity contribution < 1.29 is 14.6 Å². The van der Waals surface area contributed by atoms with Gasteiger partial charge in [-0.25, -0.2) is 4.79 Å². The SMILES string of the molecule is CN1CCC(O)(CCNC(=O)OC(C)(C)C)CC1. The van der Waals surface area contributed by atoms with Crippen molar-refractivity contribution in [1.29, 1.82) is 0 Å². The average molecular weight is 258 g/mol. The lowest BCUT2D eigenvalue weighted by molar-refractivity contribution is -0.0222. The van der Waals surface area contributed by atoms with Crippen LogP contribution in [0.15, 0.2) is 0 Å². The number of rotatable bonds is 3. The summed E-state index contributed by atoms with van der Waals surface area (Å²) in [5.41, 5.74) is -1.12. The van der Waals surface area contributed by atoms with Crippen LogP contribution < -0.4 is 5.32 Å². The lowest BCUT2D eigenvalue weighted by atomic mass is 9.88. The lowest BCUT2D eigenvalue weighted by Crippen LogP contribution is -2.45. The van der Waals surface area contributed by atoms with E-state index in [1.54, 1.807) is 0 Å². The van der Waals surface area contributed by atoms with Gasteiger partial charge in [-0.2, -0.15) is 0 Å². The molecule has 18 heavy (non-hydrogen) atoms. The Balaban J connectivity index is 2.23. The van der Waals surface area contributed by atoms with Crippen LogP contribution in [0.2, 0.25) is 0 Å². The number of amides is 1. The Morgan fingerprint density at radius 2 is 1.94 bits per heavy atom. The third-order valence-corrected chi connectivity index (χ3v) is 3.18. The first kappa shape index (κ1) is 15.2. The van der Waals surface area contributed by atoms with Crippen molar-refractivity contribution in [2.75, 3.05) is 26.7 Å². The van der Waals surface area contributed by atoms with E-state index in [-0.39, 0.29) is 0 Å². The zero-order chi connectivity index (χ0) is 13.8. The summed E-state index contributed by atoms with van der Waals surface area (Å²) in [7, 11) is 2.05. The van der Waals surface area contributed by atoms with E-state index in [1.165, 1.54) is 0 Å². The predicted molar refractivity (Wildman–Crippen MR) is 70.5 cm³/mol. The number of piperidine rings is 1. The summed E-state index contributed by atoms with van der Waals surface area (Å²) in [6.07, 6.45) is 1.69. The van der Waals surface area contributed by atoms with Crippen molar-refractivity contribution in [3.8, 4) is 0 Å². The van der Waals surface area contributed by atoms with Crippen molar-refractivity contribution >= 4 is 6.09 Å². The van der Waals surface area contributed by atoms with Gasteiger partial charge < -0.3 is 20.1 Å². The minimum atomic E-state index is -0.637. The van der Waals surface area contributed by atoms with E-state index >= 15 is 0 Å². The van der Waals surface area contributed by atoms with Crippen LogP contribution in [-0.4, -0.2) is 54.0 Å². The molecule has 0 spiro atoms. The Kier molecular flexibility index (Phi) is 4.99. The summed E-state index contributed by atoms with van der Waals surface area (Å²) < 4.78 is 5.14. The highest BCUT2D eigenvalue weighted by Gasteiger charge is 2.30. The van der Waals surface area contributed by atoms with Crippen LogP contribution in [0, 0.1) is 0 Å². The Hall–Kier alpha value is -0.810. The van der Waals surface area contributed by atoms with Crippen LogP contribution in [0.1, 0.15) is 40.0 Å². The molecule has 1 amide bonds. The summed E-state index contributed by atoms with van der Waals surface area (Å²) >= 11 is 0. The molecule has 0 bridgehead atoms. The fraction of sp³-hybridized carbons (Fsp3) is 0.923. The van der Waals surface area contributed by atoms with Crippen LogP contribution in [0.4, 0.5) is 4.79 Å². The molecular formula is C13H26N2O3. The third kappa shape index (κ3) is 5.69. The monoisotopic (exact) mass is 258 g/mol. The van der Waals surface area contributed by atoms with E-state index in [9.17, 15) is 9.90 Å². The molecule has 106 valence electrons. The highest BCUT2D eigenvalue weighted by Crippen LogP contribution is 2.24. The minimum Gasteiger partial charge on any atom is -0.444 e. The normalized spacial score (nSPS) is 20.5. The second-order valence-corrected chi connectivity index (χ2v) is 6.21. The molecule has 0 aromatic carbocycles. The summed E-state index contributed by atoms with van der Waals surface area (Å²) in [5, 5.41) is 13.0. The molecule has 0 aliphatic carbocycles. The van der Waals surface area contributed by atoms with Gasteiger partial charge in [0, 0.05) is 19.6 Å². The van der Waals surface area contributed by atoms with E-state index in [2.05, 4.69) is 17.3 Å². The molecule has 0 unspecified atom stereocenters. The van der Waals surface area contributed by atoms with E-state index in [0.717, 1.165) is 25.9 Å². The zero-order valence-electron chi connectivity index (χ0n) is 12.0. The average Bonchev–Trinajstić information content (AvgIpc) is 2.20. The number of carbonyl (C=O) groups excluding carboxylic acids is 1. The molecule has 0 aromatic rings. The molecule has 1 fully saturated rings. The molecule has 1 rings (SSSR count). The second kappa shape index (κ2) is 5.89. The van der Waals surface area contributed by atoms with Crippen molar-refractivity contribution in [3.05, 3.63) is 0 Å². The molecule has 0 aromatic heterocycles. The molecule has 5 nitrogen and oxygen atoms in total. The topological polar surface area (TPSA) is 61.8 Å². The summed E-state index contributed by atoms with van der Waals surface area (Å²) in [4.78, 5) is 13.6. The fourth-order valence-corrected chi connectivity index (χ4v) is 2.00. The molecule has 0 saturated carbocycles. The lowest BCUT2D eigenvalue weighted by Gasteiger charge is -2.36. The van der Waals surface area contributed by atoms with Gasteiger partial charge in [0.25, 0.3) is 0 Å². The first-order chi connectivity index (χ1) is 8.20. The number of hydrogen-bond acceptors (Lipinski definition) is 4. The first-order valence-corrected chi connectivity index (χ1v) is 6.58. The molecule has 2 N–H and O–H groups in total. The quantitative estimate of drug-likeness (QED) is 0.802. The third-order valence-electron chi connectivity index (χ3n) is 3.18. The zero-order valence-corrected chi connectivity index (χ0v) is 12.0. The molecule has 1 aliphatic rings. The van der Waals surface area contributed by atoms with Crippen LogP contribution in [0.3, 0.4) is 0 Å². The van der Waals surface area contributed by atoms with E-state index in [4.69, 9.17) is 4.74 Å². The number of ether oxygens (including phenoxy) is 1. The molecule has 0 atom stereocenters. The van der Waals surface area contributed by atoms with Gasteiger partial charge in [0.05, 0.1) is 5.60 Å². The molecular weight excluding hydrogens is 232 g/mol. The molecule has 1 heterocycles. The maximum absolute atomic E-state index is 11.4. The van der Waals surface area contributed by atoms with Gasteiger partial charge in [-0.1, -0.05) is 0 Å². The highest BCUT2D eigenvalue weighted by atomic mass is 16.6. The van der Waals surface area contributed by atoms with Crippen LogP contribution >= 0.6 is 0 Å². The van der Waals surface area contributed by atoms with Crippen LogP contribution in [0.5, 0.6) is 0 Å². The van der Waals surface area contributed by atoms with E-state index in [1.807, 2.05) is 20.8 Å². The second-order valence-electron chi connectivity index (χ2n) is 6.21.